The van der Waals surface area contributed by atoms with Crippen molar-refractivity contribution in [1.82, 2.24) is 4.90 Å². The molecule has 0 aromatic heterocycles. The number of fused-ring (bicyclic) bond motifs is 2. The summed E-state index contributed by atoms with van der Waals surface area (Å²) in [5.41, 5.74) is 6.79. The fourth-order valence-electron chi connectivity index (χ4n) is 6.88. The lowest BCUT2D eigenvalue weighted by Gasteiger charge is -2.37. The van der Waals surface area contributed by atoms with Crippen molar-refractivity contribution in [2.45, 2.75) is 31.7 Å². The van der Waals surface area contributed by atoms with Crippen LogP contribution in [0.5, 0.6) is 51.7 Å². The number of hydrogen-bond acceptors (Lipinski definition) is 9. The van der Waals surface area contributed by atoms with Gasteiger partial charge in [0.15, 0.2) is 34.5 Å². The van der Waals surface area contributed by atoms with E-state index in [0.29, 0.717) is 78.2 Å². The molecule has 1 unspecified atom stereocenters. The highest BCUT2D eigenvalue weighted by molar-refractivity contribution is 6.05. The Morgan fingerprint density at radius 3 is 2.28 bits per heavy atom. The molecule has 4 aliphatic heterocycles. The summed E-state index contributed by atoms with van der Waals surface area (Å²) in [6.07, 6.45) is 2.57. The van der Waals surface area contributed by atoms with Crippen molar-refractivity contribution in [3.63, 3.8) is 0 Å². The first kappa shape index (κ1) is 29.8. The minimum atomic E-state index is -0.125. The SMILES string of the molecule is COc1ccc2cc1Oc1ccc(cc1)CC1=NCCc3c1cc(OC)c(OC)c3Oc1cc(OC)c(O)c3c1C(C2)N(C)CC3. The largest absolute Gasteiger partial charge is 0.504 e. The molecule has 4 aromatic carbocycles. The Morgan fingerprint density at radius 1 is 0.783 bits per heavy atom. The second kappa shape index (κ2) is 12.1. The molecule has 238 valence electrons. The number of aliphatic imine (C=N–C) groups is 1. The molecule has 1 N–H and O–H groups in total. The van der Waals surface area contributed by atoms with Crippen LogP contribution in [-0.2, 0) is 25.7 Å². The van der Waals surface area contributed by atoms with E-state index in [9.17, 15) is 5.11 Å². The Labute approximate surface area is 268 Å². The van der Waals surface area contributed by atoms with Gasteiger partial charge in [0, 0.05) is 59.6 Å². The summed E-state index contributed by atoms with van der Waals surface area (Å²) in [5.74, 6) is 4.75. The molecule has 0 radical (unpaired) electrons. The monoisotopic (exact) mass is 622 g/mol. The Kier molecular flexibility index (Phi) is 7.86. The smallest absolute Gasteiger partial charge is 0.204 e. The molecule has 0 saturated carbocycles. The van der Waals surface area contributed by atoms with E-state index in [0.717, 1.165) is 45.6 Å². The number of hydrogen-bond donors (Lipinski definition) is 1. The topological polar surface area (TPSA) is 91.2 Å². The van der Waals surface area contributed by atoms with Crippen LogP contribution in [0.25, 0.3) is 0 Å². The number of phenolic OH excluding ortho intramolecular Hbond substituents is 1. The van der Waals surface area contributed by atoms with E-state index >= 15 is 0 Å². The number of ether oxygens (including phenoxy) is 6. The minimum Gasteiger partial charge on any atom is -0.504 e. The lowest BCUT2D eigenvalue weighted by Crippen LogP contribution is -2.34. The summed E-state index contributed by atoms with van der Waals surface area (Å²) in [4.78, 5) is 7.25. The zero-order valence-electron chi connectivity index (χ0n) is 26.8. The highest BCUT2D eigenvalue weighted by atomic mass is 16.5. The number of phenols is 1. The third-order valence-corrected chi connectivity index (χ3v) is 9.27. The molecular formula is C37H38N2O7. The van der Waals surface area contributed by atoms with Crippen molar-refractivity contribution in [1.29, 1.82) is 0 Å². The number of methoxy groups -OCH3 is 4. The van der Waals surface area contributed by atoms with Crippen LogP contribution in [0.1, 0.15) is 39.4 Å². The van der Waals surface area contributed by atoms with Gasteiger partial charge in [0.05, 0.1) is 28.4 Å². The molecular weight excluding hydrogens is 584 g/mol. The Morgan fingerprint density at radius 2 is 1.54 bits per heavy atom. The molecule has 0 saturated heterocycles. The van der Waals surface area contributed by atoms with Crippen LogP contribution in [0.3, 0.4) is 0 Å². The molecule has 0 spiro atoms. The van der Waals surface area contributed by atoms with Gasteiger partial charge in [-0.1, -0.05) is 18.2 Å². The first-order valence-electron chi connectivity index (χ1n) is 15.5. The van der Waals surface area contributed by atoms with Gasteiger partial charge in [-0.3, -0.25) is 9.89 Å². The van der Waals surface area contributed by atoms with Gasteiger partial charge in [-0.15, -0.1) is 0 Å². The van der Waals surface area contributed by atoms with Gasteiger partial charge in [-0.05, 0) is 67.8 Å². The third kappa shape index (κ3) is 5.14. The zero-order valence-corrected chi connectivity index (χ0v) is 26.8. The zero-order chi connectivity index (χ0) is 31.9. The third-order valence-electron chi connectivity index (χ3n) is 9.27. The van der Waals surface area contributed by atoms with Crippen molar-refractivity contribution >= 4 is 5.71 Å². The van der Waals surface area contributed by atoms with Gasteiger partial charge in [0.2, 0.25) is 5.75 Å². The van der Waals surface area contributed by atoms with E-state index in [1.54, 1.807) is 34.5 Å². The van der Waals surface area contributed by atoms with Crippen LogP contribution in [0.2, 0.25) is 0 Å². The number of nitrogens with zero attached hydrogens (tertiary/aromatic N) is 2. The van der Waals surface area contributed by atoms with Gasteiger partial charge >= 0.3 is 0 Å². The first-order valence-corrected chi connectivity index (χ1v) is 15.5. The molecule has 8 rings (SSSR count). The van der Waals surface area contributed by atoms with Gasteiger partial charge in [0.25, 0.3) is 0 Å². The van der Waals surface area contributed by atoms with E-state index in [2.05, 4.69) is 30.1 Å². The fourth-order valence-corrected chi connectivity index (χ4v) is 6.88. The average Bonchev–Trinajstić information content (AvgIpc) is 3.07. The van der Waals surface area contributed by atoms with Gasteiger partial charge in [0.1, 0.15) is 11.5 Å². The molecule has 4 aromatic rings. The normalized spacial score (nSPS) is 17.0. The molecule has 1 atom stereocenters. The Hall–Kier alpha value is -4.89. The summed E-state index contributed by atoms with van der Waals surface area (Å²) in [7, 11) is 8.56. The standard InChI is InChI=1S/C37H38N2O7/c1-39-15-13-25-34-28(39)17-22-8-11-29(41-2)30(18-22)45-23-9-6-21(7-10-23)16-27-26-19-33(43-4)37(44-5)36(24(26)12-14-38-27)46-31(34)20-32(42-3)35(25)40/h6-11,18-20,28,40H,12-17H2,1-5H3. The van der Waals surface area contributed by atoms with Crippen LogP contribution < -0.4 is 28.4 Å². The van der Waals surface area contributed by atoms with E-state index < -0.39 is 0 Å². The van der Waals surface area contributed by atoms with Crippen LogP contribution in [0, 0.1) is 0 Å². The Bertz CT molecular complexity index is 1830. The summed E-state index contributed by atoms with van der Waals surface area (Å²) in [5, 5.41) is 11.4. The van der Waals surface area contributed by atoms with Crippen LogP contribution in [-0.4, -0.2) is 64.3 Å². The summed E-state index contributed by atoms with van der Waals surface area (Å²) < 4.78 is 36.5. The van der Waals surface area contributed by atoms with Crippen LogP contribution in [0.4, 0.5) is 0 Å². The van der Waals surface area contributed by atoms with E-state index in [4.69, 9.17) is 33.4 Å². The molecule has 4 heterocycles. The molecule has 4 aliphatic rings. The summed E-state index contributed by atoms with van der Waals surface area (Å²) in [6, 6.07) is 17.8. The van der Waals surface area contributed by atoms with Crippen LogP contribution in [0.15, 0.2) is 59.6 Å². The minimum absolute atomic E-state index is 0.125. The van der Waals surface area contributed by atoms with Gasteiger partial charge in [-0.2, -0.15) is 0 Å². The molecule has 0 aliphatic carbocycles. The maximum Gasteiger partial charge on any atom is 0.204 e. The highest BCUT2D eigenvalue weighted by Gasteiger charge is 2.34. The second-order valence-corrected chi connectivity index (χ2v) is 11.8. The molecule has 8 bridgehead atoms. The summed E-state index contributed by atoms with van der Waals surface area (Å²) in [6.45, 7) is 1.37. The van der Waals surface area contributed by atoms with E-state index in [1.807, 2.05) is 30.3 Å². The van der Waals surface area contributed by atoms with Gasteiger partial charge < -0.3 is 33.5 Å². The maximum atomic E-state index is 11.4. The molecule has 46 heavy (non-hydrogen) atoms. The van der Waals surface area contributed by atoms with Crippen LogP contribution >= 0.6 is 0 Å². The lowest BCUT2D eigenvalue weighted by atomic mass is 9.87. The second-order valence-electron chi connectivity index (χ2n) is 11.8. The maximum absolute atomic E-state index is 11.4. The predicted molar refractivity (Wildman–Crippen MR) is 175 cm³/mol. The van der Waals surface area contributed by atoms with Crippen molar-refractivity contribution < 1.29 is 33.5 Å². The fraction of sp³-hybridized carbons (Fsp3) is 0.324. The summed E-state index contributed by atoms with van der Waals surface area (Å²) >= 11 is 0. The quantitative estimate of drug-likeness (QED) is 0.270. The number of likely N-dealkylation sites (N-methyl/N-ethyl adjacent to an activating group) is 1. The Balaban J connectivity index is 1.49. The van der Waals surface area contributed by atoms with E-state index in [-0.39, 0.29) is 11.8 Å². The van der Waals surface area contributed by atoms with Crippen molar-refractivity contribution in [3.8, 4) is 51.7 Å². The number of aromatic hydroxyl groups is 1. The van der Waals surface area contributed by atoms with Crippen molar-refractivity contribution in [3.05, 3.63) is 88.0 Å². The number of benzene rings is 4. The first-order chi connectivity index (χ1) is 22.4. The van der Waals surface area contributed by atoms with Crippen molar-refractivity contribution in [2.75, 3.05) is 48.6 Å². The molecule has 0 amide bonds. The van der Waals surface area contributed by atoms with E-state index in [1.165, 1.54) is 0 Å². The van der Waals surface area contributed by atoms with Gasteiger partial charge in [-0.25, -0.2) is 0 Å². The lowest BCUT2D eigenvalue weighted by molar-refractivity contribution is 0.220. The highest BCUT2D eigenvalue weighted by Crippen LogP contribution is 2.51. The molecule has 9 heteroatoms. The predicted octanol–water partition coefficient (Wildman–Crippen LogP) is 6.68. The van der Waals surface area contributed by atoms with Crippen molar-refractivity contribution in [2.24, 2.45) is 4.99 Å². The average molecular weight is 623 g/mol. The molecule has 9 nitrogen and oxygen atoms in total. The molecule has 0 fully saturated rings. The number of rotatable bonds is 4.